The van der Waals surface area contributed by atoms with Gasteiger partial charge in [0.05, 0.1) is 17.0 Å². The number of rotatable bonds is 4. The predicted octanol–water partition coefficient (Wildman–Crippen LogP) is 5.02. The van der Waals surface area contributed by atoms with E-state index < -0.39 is 6.09 Å². The van der Waals surface area contributed by atoms with Gasteiger partial charge < -0.3 is 4.74 Å². The number of amides is 1. The average Bonchev–Trinajstić information content (AvgIpc) is 3.23. The van der Waals surface area contributed by atoms with Crippen LogP contribution in [0.25, 0.3) is 22.5 Å². The minimum absolute atomic E-state index is 0.104. The van der Waals surface area contributed by atoms with Crippen LogP contribution in [0.4, 0.5) is 9.18 Å². The third-order valence-electron chi connectivity index (χ3n) is 5.39. The molecule has 33 heavy (non-hydrogen) atoms. The molecule has 7 nitrogen and oxygen atoms in total. The molecule has 166 valence electrons. The zero-order valence-electron chi connectivity index (χ0n) is 17.5. The van der Waals surface area contributed by atoms with E-state index in [0.29, 0.717) is 29.9 Å². The van der Waals surface area contributed by atoms with Gasteiger partial charge in [0.15, 0.2) is 0 Å². The van der Waals surface area contributed by atoms with E-state index in [4.69, 9.17) is 21.4 Å². The van der Waals surface area contributed by atoms with Crippen LogP contribution in [0, 0.1) is 5.82 Å². The Morgan fingerprint density at radius 1 is 1.09 bits per heavy atom. The van der Waals surface area contributed by atoms with Crippen LogP contribution in [0.2, 0.25) is 5.28 Å². The van der Waals surface area contributed by atoms with Crippen LogP contribution in [0.15, 0.2) is 66.9 Å². The summed E-state index contributed by atoms with van der Waals surface area (Å²) in [6, 6.07) is 17.3. The van der Waals surface area contributed by atoms with Gasteiger partial charge in [0.1, 0.15) is 18.1 Å². The van der Waals surface area contributed by atoms with Gasteiger partial charge in [0.25, 0.3) is 0 Å². The van der Waals surface area contributed by atoms with Gasteiger partial charge in [0.2, 0.25) is 5.28 Å². The summed E-state index contributed by atoms with van der Waals surface area (Å²) in [5.74, 6) is -0.347. The van der Waals surface area contributed by atoms with Gasteiger partial charge >= 0.3 is 6.09 Å². The number of hydrogen-bond acceptors (Lipinski definition) is 5. The molecular weight excluding hydrogens is 445 g/mol. The van der Waals surface area contributed by atoms with Gasteiger partial charge in [-0.2, -0.15) is 14.9 Å². The Morgan fingerprint density at radius 2 is 1.88 bits per heavy atom. The quantitative estimate of drug-likeness (QED) is 0.397. The van der Waals surface area contributed by atoms with Crippen LogP contribution < -0.4 is 5.01 Å². The molecular formula is C24H19ClFN5O2. The Bertz CT molecular complexity index is 1290. The minimum atomic E-state index is -0.500. The first-order chi connectivity index (χ1) is 16.1. The van der Waals surface area contributed by atoms with Crippen molar-refractivity contribution in [1.29, 1.82) is 0 Å². The highest BCUT2D eigenvalue weighted by atomic mass is 35.5. The van der Waals surface area contributed by atoms with Crippen molar-refractivity contribution in [2.45, 2.75) is 19.4 Å². The second-order valence-electron chi connectivity index (χ2n) is 7.54. The fourth-order valence-electron chi connectivity index (χ4n) is 3.87. The largest absolute Gasteiger partial charge is 0.443 e. The van der Waals surface area contributed by atoms with Crippen molar-refractivity contribution in [3.05, 3.63) is 89.2 Å². The molecule has 1 amide bonds. The molecule has 2 aromatic heterocycles. The summed E-state index contributed by atoms with van der Waals surface area (Å²) in [6.07, 6.45) is 2.46. The molecule has 0 unspecified atom stereocenters. The van der Waals surface area contributed by atoms with Gasteiger partial charge in [-0.05, 0) is 60.3 Å². The molecule has 0 fully saturated rings. The molecule has 0 atom stereocenters. The number of carbonyl (C=O) groups excluding carboxylic acids is 1. The molecule has 0 bridgehead atoms. The molecule has 5 rings (SSSR count). The van der Waals surface area contributed by atoms with Gasteiger partial charge in [0, 0.05) is 18.3 Å². The van der Waals surface area contributed by atoms with Crippen molar-refractivity contribution >= 4 is 17.7 Å². The van der Waals surface area contributed by atoms with E-state index in [1.807, 2.05) is 30.3 Å². The first kappa shape index (κ1) is 21.1. The smallest absolute Gasteiger partial charge is 0.430 e. The van der Waals surface area contributed by atoms with Crippen molar-refractivity contribution in [3.63, 3.8) is 0 Å². The normalized spacial score (nSPS) is 13.0. The summed E-state index contributed by atoms with van der Waals surface area (Å²) >= 11 is 6.06. The topological polar surface area (TPSA) is 73.1 Å². The summed E-state index contributed by atoms with van der Waals surface area (Å²) in [5, 5.41) is 6.31. The molecule has 1 aliphatic heterocycles. The molecule has 3 heterocycles. The first-order valence-electron chi connectivity index (χ1n) is 10.5. The number of aromatic nitrogens is 4. The van der Waals surface area contributed by atoms with Gasteiger partial charge in [-0.15, -0.1) is 0 Å². The Morgan fingerprint density at radius 3 is 2.64 bits per heavy atom. The second-order valence-corrected chi connectivity index (χ2v) is 7.88. The van der Waals surface area contributed by atoms with Gasteiger partial charge in [-0.3, -0.25) is 0 Å². The van der Waals surface area contributed by atoms with E-state index in [0.717, 1.165) is 23.2 Å². The van der Waals surface area contributed by atoms with Crippen LogP contribution in [-0.4, -0.2) is 32.5 Å². The molecule has 4 aromatic rings. The number of nitrogens with zero attached hydrogens (tertiary/aromatic N) is 5. The molecule has 9 heteroatoms. The lowest BCUT2D eigenvalue weighted by Crippen LogP contribution is -2.46. The molecule has 0 spiro atoms. The summed E-state index contributed by atoms with van der Waals surface area (Å²) in [4.78, 5) is 22.9. The molecule has 2 aromatic carbocycles. The SMILES string of the molecule is O=C(OCc1ccccc1)N1CCCc2c(-c3ccnc(Cl)n3)c(-c3ccc(F)cc3)nn21. The minimum Gasteiger partial charge on any atom is -0.443 e. The first-order valence-corrected chi connectivity index (χ1v) is 10.8. The van der Waals surface area contributed by atoms with Crippen LogP contribution in [-0.2, 0) is 17.8 Å². The van der Waals surface area contributed by atoms with E-state index in [1.165, 1.54) is 17.1 Å². The third kappa shape index (κ3) is 4.29. The summed E-state index contributed by atoms with van der Waals surface area (Å²) in [5.41, 5.74) is 4.27. The lowest BCUT2D eigenvalue weighted by Gasteiger charge is -2.27. The van der Waals surface area contributed by atoms with E-state index in [1.54, 1.807) is 29.2 Å². The van der Waals surface area contributed by atoms with E-state index in [2.05, 4.69) is 9.97 Å². The number of benzene rings is 2. The highest BCUT2D eigenvalue weighted by Gasteiger charge is 2.31. The molecule has 0 saturated heterocycles. The highest BCUT2D eigenvalue weighted by molar-refractivity contribution is 6.28. The summed E-state index contributed by atoms with van der Waals surface area (Å²) < 4.78 is 19.1. The molecule has 0 saturated carbocycles. The van der Waals surface area contributed by atoms with Crippen molar-refractivity contribution in [1.82, 2.24) is 19.9 Å². The predicted molar refractivity (Wildman–Crippen MR) is 122 cm³/mol. The van der Waals surface area contributed by atoms with Crippen molar-refractivity contribution < 1.29 is 13.9 Å². The van der Waals surface area contributed by atoms with E-state index >= 15 is 0 Å². The van der Waals surface area contributed by atoms with Crippen molar-refractivity contribution in [2.75, 3.05) is 11.6 Å². The lowest BCUT2D eigenvalue weighted by atomic mass is 10.0. The Labute approximate surface area is 194 Å². The molecule has 0 N–H and O–H groups in total. The van der Waals surface area contributed by atoms with Crippen molar-refractivity contribution in [3.8, 4) is 22.5 Å². The number of halogens is 2. The fourth-order valence-corrected chi connectivity index (χ4v) is 4.02. The number of hydrogen-bond donors (Lipinski definition) is 0. The summed E-state index contributed by atoms with van der Waals surface area (Å²) in [6.45, 7) is 0.612. The standard InChI is InChI=1S/C24H19ClFN5O2/c25-23-27-13-12-19(28-23)21-20-7-4-14-30(24(32)33-15-16-5-2-1-3-6-16)31(20)29-22(21)17-8-10-18(26)11-9-17/h1-3,5-6,8-13H,4,7,14-15H2. The Hall–Kier alpha value is -3.78. The molecule has 1 aliphatic rings. The summed E-state index contributed by atoms with van der Waals surface area (Å²) in [7, 11) is 0. The monoisotopic (exact) mass is 463 g/mol. The zero-order valence-corrected chi connectivity index (χ0v) is 18.2. The van der Waals surface area contributed by atoms with E-state index in [9.17, 15) is 9.18 Å². The zero-order chi connectivity index (χ0) is 22.8. The lowest BCUT2D eigenvalue weighted by molar-refractivity contribution is 0.137. The number of ether oxygens (including phenoxy) is 1. The van der Waals surface area contributed by atoms with Crippen molar-refractivity contribution in [2.24, 2.45) is 0 Å². The van der Waals surface area contributed by atoms with Crippen LogP contribution in [0.3, 0.4) is 0 Å². The number of fused-ring (bicyclic) bond motifs is 1. The number of carbonyl (C=O) groups is 1. The van der Waals surface area contributed by atoms with Crippen LogP contribution in [0.5, 0.6) is 0 Å². The average molecular weight is 464 g/mol. The van der Waals surface area contributed by atoms with Gasteiger partial charge in [-0.25, -0.2) is 19.2 Å². The Kier molecular flexibility index (Phi) is 5.75. The van der Waals surface area contributed by atoms with E-state index in [-0.39, 0.29) is 17.7 Å². The maximum Gasteiger partial charge on any atom is 0.430 e. The maximum atomic E-state index is 13.6. The molecule has 0 aliphatic carbocycles. The highest BCUT2D eigenvalue weighted by Crippen LogP contribution is 2.36. The molecule has 0 radical (unpaired) electrons. The third-order valence-corrected chi connectivity index (χ3v) is 5.57. The second kappa shape index (κ2) is 8.99. The van der Waals surface area contributed by atoms with Crippen LogP contribution in [0.1, 0.15) is 17.7 Å². The Balaban J connectivity index is 1.55. The maximum absolute atomic E-state index is 13.6. The fraction of sp³-hybridized carbons (Fsp3) is 0.167. The van der Waals surface area contributed by atoms with Crippen LogP contribution >= 0.6 is 11.6 Å². The van der Waals surface area contributed by atoms with Gasteiger partial charge in [-0.1, -0.05) is 30.3 Å².